The number of carbonyl (C=O) groups excluding carboxylic acids is 1. The van der Waals surface area contributed by atoms with Crippen LogP contribution in [0.25, 0.3) is 0 Å². The molecule has 19 nitrogen and oxygen atoms in total. The number of nitrogens with one attached hydrogen (secondary N) is 1. The maximum absolute atomic E-state index is 13.5. The molecule has 0 aromatic carbocycles. The lowest BCUT2D eigenvalue weighted by atomic mass is 9.96. The summed E-state index contributed by atoms with van der Waals surface area (Å²) < 4.78 is 34.5. The fraction of sp³-hybridized carbons (Fsp3) is 0.772. The molecule has 640 valence electrons. The van der Waals surface area contributed by atoms with Gasteiger partial charge in [-0.15, -0.1) is 0 Å². The zero-order valence-corrected chi connectivity index (χ0v) is 68.9. The highest BCUT2D eigenvalue weighted by Crippen LogP contribution is 2.33. The second kappa shape index (κ2) is 70.4. The van der Waals surface area contributed by atoms with E-state index in [-0.39, 0.29) is 18.9 Å². The summed E-state index contributed by atoms with van der Waals surface area (Å²) in [6.07, 6.45) is 73.4. The van der Waals surface area contributed by atoms with E-state index < -0.39 is 124 Å². The van der Waals surface area contributed by atoms with Crippen LogP contribution in [0.5, 0.6) is 0 Å². The van der Waals surface area contributed by atoms with Gasteiger partial charge in [0.1, 0.15) is 73.2 Å². The number of aliphatic hydroxyl groups is 11. The summed E-state index contributed by atoms with van der Waals surface area (Å²) in [4.78, 5) is 13.5. The van der Waals surface area contributed by atoms with Gasteiger partial charge in [0.25, 0.3) is 0 Å². The molecule has 3 aliphatic rings. The van der Waals surface area contributed by atoms with E-state index >= 15 is 0 Å². The highest BCUT2D eigenvalue weighted by Gasteiger charge is 2.54. The molecule has 3 saturated heterocycles. The first-order chi connectivity index (χ1) is 54.3. The number of ether oxygens (including phenoxy) is 6. The van der Waals surface area contributed by atoms with Crippen LogP contribution in [0, 0.1) is 0 Å². The molecule has 17 atom stereocenters. The normalized spacial score (nSPS) is 25.6. The molecule has 3 heterocycles. The van der Waals surface area contributed by atoms with Gasteiger partial charge in [-0.3, -0.25) is 4.79 Å². The number of hydrogen-bond acceptors (Lipinski definition) is 18. The Bertz CT molecular complexity index is 2480. The molecule has 0 aromatic rings. The Kier molecular flexibility index (Phi) is 64.3. The summed E-state index contributed by atoms with van der Waals surface area (Å²) in [7, 11) is 0. The number of rotatable bonds is 70. The van der Waals surface area contributed by atoms with E-state index in [2.05, 4.69) is 129 Å². The third-order valence-corrected chi connectivity index (χ3v) is 21.2. The molecule has 0 aliphatic carbocycles. The molecule has 3 rings (SSSR count). The van der Waals surface area contributed by atoms with Crippen LogP contribution in [0.1, 0.15) is 322 Å². The van der Waals surface area contributed by atoms with Gasteiger partial charge in [0, 0.05) is 6.42 Å². The average Bonchev–Trinajstić information content (AvgIpc) is 0.779. The summed E-state index contributed by atoms with van der Waals surface area (Å²) in [6, 6.07) is -1.00. The second-order valence-corrected chi connectivity index (χ2v) is 31.0. The van der Waals surface area contributed by atoms with Crippen molar-refractivity contribution in [3.8, 4) is 0 Å². The number of amides is 1. The van der Waals surface area contributed by atoms with Crippen molar-refractivity contribution in [1.82, 2.24) is 5.32 Å². The molecule has 0 aromatic heterocycles. The van der Waals surface area contributed by atoms with Crippen LogP contribution in [-0.4, -0.2) is 193 Å². The Labute approximate surface area is 671 Å². The Morgan fingerprint density at radius 3 is 1.01 bits per heavy atom. The Morgan fingerprint density at radius 2 is 0.631 bits per heavy atom. The minimum Gasteiger partial charge on any atom is -0.394 e. The van der Waals surface area contributed by atoms with Crippen LogP contribution in [0.3, 0.4) is 0 Å². The Morgan fingerprint density at radius 1 is 0.333 bits per heavy atom. The van der Waals surface area contributed by atoms with Gasteiger partial charge < -0.3 is 89.9 Å². The number of carbonyl (C=O) groups is 1. The van der Waals surface area contributed by atoms with Crippen LogP contribution in [-0.2, 0) is 33.2 Å². The first kappa shape index (κ1) is 101. The lowest BCUT2D eigenvalue weighted by molar-refractivity contribution is -0.379. The number of aliphatic hydroxyl groups excluding tert-OH is 11. The van der Waals surface area contributed by atoms with Crippen LogP contribution >= 0.6 is 0 Å². The van der Waals surface area contributed by atoms with Gasteiger partial charge in [-0.1, -0.05) is 341 Å². The smallest absolute Gasteiger partial charge is 0.220 e. The van der Waals surface area contributed by atoms with Crippen molar-refractivity contribution in [3.05, 3.63) is 122 Å². The molecule has 111 heavy (non-hydrogen) atoms. The monoisotopic (exact) mass is 1570 g/mol. The first-order valence-electron chi connectivity index (χ1n) is 44.3. The van der Waals surface area contributed by atoms with E-state index in [1.54, 1.807) is 6.08 Å². The van der Waals surface area contributed by atoms with Gasteiger partial charge in [0.05, 0.1) is 38.6 Å². The molecule has 0 spiro atoms. The lowest BCUT2D eigenvalue weighted by Gasteiger charge is -2.48. The molecular weight excluding hydrogens is 1410 g/mol. The zero-order chi connectivity index (χ0) is 80.3. The zero-order valence-electron chi connectivity index (χ0n) is 68.9. The molecule has 3 aliphatic heterocycles. The second-order valence-electron chi connectivity index (χ2n) is 31.0. The van der Waals surface area contributed by atoms with E-state index in [1.165, 1.54) is 186 Å². The molecule has 12 N–H and O–H groups in total. The minimum atomic E-state index is -1.99. The first-order valence-corrected chi connectivity index (χ1v) is 44.3. The SMILES string of the molecule is CC/C=C\C/C=C\C/C=C\C/C=C\C/C=C\C/C=C\C/C=C\C/C=C\CCCCCCCCCCCCCCC(=O)NC(COC1OC(CO)C(OC2OC(CO)C(OC3OC(CO)C(O)C(O)C3O)C(O)C2O)C(O)C1O)C(O)/C=C/CC/C=C/CCCCCCCCCCCCCCCCCCCCCCCCC. The number of hydrogen-bond donors (Lipinski definition) is 12. The lowest BCUT2D eigenvalue weighted by Crippen LogP contribution is -2.66. The molecule has 19 heteroatoms. The van der Waals surface area contributed by atoms with Crippen molar-refractivity contribution in [2.75, 3.05) is 26.4 Å². The Hall–Kier alpha value is -3.81. The summed E-state index contributed by atoms with van der Waals surface area (Å²) in [6.45, 7) is 1.63. The van der Waals surface area contributed by atoms with Gasteiger partial charge in [-0.05, 0) is 96.3 Å². The summed E-state index contributed by atoms with van der Waals surface area (Å²) >= 11 is 0. The van der Waals surface area contributed by atoms with Crippen molar-refractivity contribution < 1.29 is 89.4 Å². The predicted molar refractivity (Wildman–Crippen MR) is 447 cm³/mol. The van der Waals surface area contributed by atoms with Gasteiger partial charge in [-0.25, -0.2) is 0 Å². The molecule has 0 bridgehead atoms. The minimum absolute atomic E-state index is 0.227. The standard InChI is InChI=1S/C92H159NO18/c1-3-5-7-9-11-13-15-17-19-21-23-25-27-29-31-33-34-35-36-37-38-39-40-42-44-46-48-50-52-54-56-58-60-62-64-66-68-70-80(98)93-75(76(97)69-67-65-63-61-59-57-55-53-51-49-47-45-43-41-32-30-28-26-24-22-20-18-16-14-12-10-8-6-4-2)74-106-90-86(104)83(101)88(78(72-95)108-90)111-92-87(105)84(102)89(79(73-96)109-92)110-91-85(103)82(100)81(99)77(71-94)107-91/h5,7,11,13,17,19,23,25,29,31,34-35,37-38,40,42,59,61,67,69,75-79,81-92,94-97,99-105H,3-4,6,8-10,12,14-16,18,20-22,24,26-28,30,32-33,36,39,41,43-58,60,62-66,68,70-74H2,1-2H3,(H,93,98)/b7-5-,13-11-,19-17-,25-23-,31-29-,35-34-,38-37-,42-40-,61-59+,69-67+. The van der Waals surface area contributed by atoms with E-state index in [9.17, 15) is 61.0 Å². The Balaban J connectivity index is 1.35. The maximum Gasteiger partial charge on any atom is 0.220 e. The van der Waals surface area contributed by atoms with E-state index in [0.717, 1.165) is 103 Å². The van der Waals surface area contributed by atoms with E-state index in [0.29, 0.717) is 12.8 Å². The molecule has 1 amide bonds. The van der Waals surface area contributed by atoms with Crippen molar-refractivity contribution in [1.29, 1.82) is 0 Å². The van der Waals surface area contributed by atoms with Crippen molar-refractivity contribution >= 4 is 5.91 Å². The van der Waals surface area contributed by atoms with E-state index in [4.69, 9.17) is 28.4 Å². The van der Waals surface area contributed by atoms with Crippen LogP contribution in [0.15, 0.2) is 122 Å². The molecule has 3 fully saturated rings. The van der Waals surface area contributed by atoms with Gasteiger partial charge in [0.2, 0.25) is 5.91 Å². The van der Waals surface area contributed by atoms with Gasteiger partial charge in [0.15, 0.2) is 18.9 Å². The fourth-order valence-electron chi connectivity index (χ4n) is 14.2. The van der Waals surface area contributed by atoms with Gasteiger partial charge in [-0.2, -0.15) is 0 Å². The molecule has 0 radical (unpaired) electrons. The van der Waals surface area contributed by atoms with Crippen molar-refractivity contribution in [2.24, 2.45) is 0 Å². The number of unbranched alkanes of at least 4 members (excludes halogenated alkanes) is 36. The largest absolute Gasteiger partial charge is 0.394 e. The quantitative estimate of drug-likeness (QED) is 0.0199. The fourth-order valence-corrected chi connectivity index (χ4v) is 14.2. The van der Waals surface area contributed by atoms with Crippen LogP contribution in [0.2, 0.25) is 0 Å². The van der Waals surface area contributed by atoms with Gasteiger partial charge >= 0.3 is 0 Å². The summed E-state index contributed by atoms with van der Waals surface area (Å²) in [5, 5.41) is 121. The molecular formula is C92H159NO18. The topological polar surface area (TPSA) is 307 Å². The van der Waals surface area contributed by atoms with Crippen LogP contribution in [0.4, 0.5) is 0 Å². The van der Waals surface area contributed by atoms with E-state index in [1.807, 2.05) is 6.08 Å². The average molecular weight is 1570 g/mol. The third kappa shape index (κ3) is 49.1. The highest BCUT2D eigenvalue weighted by molar-refractivity contribution is 5.76. The summed E-state index contributed by atoms with van der Waals surface area (Å²) in [5.41, 5.74) is 0. The molecule has 0 saturated carbocycles. The maximum atomic E-state index is 13.5. The molecule has 17 unspecified atom stereocenters. The number of allylic oxidation sites excluding steroid dienone is 19. The van der Waals surface area contributed by atoms with Crippen LogP contribution < -0.4 is 5.32 Å². The summed E-state index contributed by atoms with van der Waals surface area (Å²) in [5.74, 6) is -0.289. The third-order valence-electron chi connectivity index (χ3n) is 21.2. The van der Waals surface area contributed by atoms with Crippen molar-refractivity contribution in [2.45, 2.75) is 426 Å². The van der Waals surface area contributed by atoms with Crippen molar-refractivity contribution in [3.63, 3.8) is 0 Å². The highest BCUT2D eigenvalue weighted by atomic mass is 16.8. The predicted octanol–water partition coefficient (Wildman–Crippen LogP) is 16.6.